The number of hydrogen-bond acceptors (Lipinski definition) is 2. The molecule has 0 spiro atoms. The minimum atomic E-state index is 0.339. The molecule has 1 aliphatic heterocycles. The second kappa shape index (κ2) is 8.03. The van der Waals surface area contributed by atoms with Gasteiger partial charge in [-0.2, -0.15) is 0 Å². The van der Waals surface area contributed by atoms with Gasteiger partial charge in [0.25, 0.3) is 0 Å². The van der Waals surface area contributed by atoms with E-state index in [2.05, 4.69) is 6.92 Å². The van der Waals surface area contributed by atoms with Crippen molar-refractivity contribution < 1.29 is 4.79 Å². The number of amides is 1. The molecule has 0 aliphatic carbocycles. The van der Waals surface area contributed by atoms with E-state index in [9.17, 15) is 4.79 Å². The van der Waals surface area contributed by atoms with Gasteiger partial charge in [-0.05, 0) is 18.4 Å². The van der Waals surface area contributed by atoms with Gasteiger partial charge in [0.05, 0.1) is 0 Å². The first kappa shape index (κ1) is 12.9. The fourth-order valence-electron chi connectivity index (χ4n) is 1.84. The minimum Gasteiger partial charge on any atom is -0.286 e. The van der Waals surface area contributed by atoms with E-state index >= 15 is 0 Å². The summed E-state index contributed by atoms with van der Waals surface area (Å²) in [5.74, 6) is 1.33. The van der Waals surface area contributed by atoms with Crippen molar-refractivity contribution in [2.75, 3.05) is 12.3 Å². The molecule has 0 aromatic rings. The Bertz CT molecular complexity index is 184. The molecule has 88 valence electrons. The fourth-order valence-corrected chi connectivity index (χ4v) is 2.82. The van der Waals surface area contributed by atoms with E-state index in [1.54, 1.807) is 11.9 Å². The summed E-state index contributed by atoms with van der Waals surface area (Å²) in [6.07, 6.45) is 10.0. The molecule has 1 rings (SSSR count). The van der Waals surface area contributed by atoms with Crippen LogP contribution in [-0.4, -0.2) is 22.5 Å². The molecule has 0 unspecified atom stereocenters. The number of rotatable bonds is 8. The molecule has 0 aromatic carbocycles. The van der Waals surface area contributed by atoms with Crippen molar-refractivity contribution >= 4 is 17.9 Å². The van der Waals surface area contributed by atoms with Crippen molar-refractivity contribution in [1.29, 1.82) is 0 Å². The third kappa shape index (κ3) is 5.45. The third-order valence-electron chi connectivity index (χ3n) is 2.81. The lowest BCUT2D eigenvalue weighted by Crippen LogP contribution is -2.19. The Morgan fingerprint density at radius 3 is 2.40 bits per heavy atom. The molecule has 0 bridgehead atoms. The summed E-state index contributed by atoms with van der Waals surface area (Å²) in [6, 6.07) is 0. The summed E-state index contributed by atoms with van der Waals surface area (Å²) in [6.45, 7) is 3.22. The maximum absolute atomic E-state index is 11.3. The van der Waals surface area contributed by atoms with Crippen LogP contribution in [0.5, 0.6) is 0 Å². The zero-order valence-corrected chi connectivity index (χ0v) is 10.7. The Kier molecular flexibility index (Phi) is 6.90. The molecular weight excluding hydrogens is 206 g/mol. The van der Waals surface area contributed by atoms with Gasteiger partial charge in [0, 0.05) is 18.7 Å². The zero-order valence-electron chi connectivity index (χ0n) is 9.83. The second-order valence-electron chi connectivity index (χ2n) is 4.20. The van der Waals surface area contributed by atoms with Crippen LogP contribution in [0.15, 0.2) is 0 Å². The molecule has 0 saturated carbocycles. The Hall–Kier alpha value is -0.180. The van der Waals surface area contributed by atoms with Crippen LogP contribution >= 0.6 is 11.9 Å². The van der Waals surface area contributed by atoms with Crippen molar-refractivity contribution in [3.05, 3.63) is 0 Å². The second-order valence-corrected chi connectivity index (χ2v) is 5.31. The standard InChI is InChI=1S/C12H23NOS/c1-2-3-4-5-6-7-8-10-13-12(14)9-11-15-13/h2-11H2,1H3. The molecule has 0 radical (unpaired) electrons. The summed E-state index contributed by atoms with van der Waals surface area (Å²) < 4.78 is 1.95. The number of nitrogens with zero attached hydrogens (tertiary/aromatic N) is 1. The first-order valence-electron chi connectivity index (χ1n) is 6.28. The third-order valence-corrected chi connectivity index (χ3v) is 3.89. The van der Waals surface area contributed by atoms with Crippen molar-refractivity contribution in [2.45, 2.75) is 58.3 Å². The smallest absolute Gasteiger partial charge is 0.233 e. The molecule has 3 heteroatoms. The summed E-state index contributed by atoms with van der Waals surface area (Å²) in [5.41, 5.74) is 0. The Morgan fingerprint density at radius 2 is 1.80 bits per heavy atom. The number of carbonyl (C=O) groups excluding carboxylic acids is 1. The minimum absolute atomic E-state index is 0.339. The molecule has 15 heavy (non-hydrogen) atoms. The number of carbonyl (C=O) groups is 1. The van der Waals surface area contributed by atoms with Crippen LogP contribution in [0.4, 0.5) is 0 Å². The molecule has 1 amide bonds. The van der Waals surface area contributed by atoms with Crippen LogP contribution in [0.25, 0.3) is 0 Å². The fraction of sp³-hybridized carbons (Fsp3) is 0.917. The maximum atomic E-state index is 11.3. The lowest BCUT2D eigenvalue weighted by atomic mass is 10.1. The normalized spacial score (nSPS) is 16.3. The van der Waals surface area contributed by atoms with E-state index in [1.165, 1.54) is 44.9 Å². The van der Waals surface area contributed by atoms with E-state index < -0.39 is 0 Å². The van der Waals surface area contributed by atoms with Gasteiger partial charge in [-0.3, -0.25) is 9.10 Å². The molecule has 1 aliphatic rings. The van der Waals surface area contributed by atoms with Crippen molar-refractivity contribution in [3.63, 3.8) is 0 Å². The van der Waals surface area contributed by atoms with Gasteiger partial charge >= 0.3 is 0 Å². The molecule has 1 saturated heterocycles. The molecule has 2 nitrogen and oxygen atoms in total. The summed E-state index contributed by atoms with van der Waals surface area (Å²) in [5, 5.41) is 0. The van der Waals surface area contributed by atoms with Crippen LogP contribution in [-0.2, 0) is 4.79 Å². The van der Waals surface area contributed by atoms with Crippen molar-refractivity contribution in [3.8, 4) is 0 Å². The highest BCUT2D eigenvalue weighted by molar-refractivity contribution is 7.97. The van der Waals surface area contributed by atoms with Crippen molar-refractivity contribution in [1.82, 2.24) is 4.31 Å². The zero-order chi connectivity index (χ0) is 10.9. The lowest BCUT2D eigenvalue weighted by Gasteiger charge is -2.13. The number of hydrogen-bond donors (Lipinski definition) is 0. The van der Waals surface area contributed by atoms with Crippen LogP contribution in [0, 0.1) is 0 Å². The highest BCUT2D eigenvalue weighted by atomic mass is 32.2. The molecular formula is C12H23NOS. The average Bonchev–Trinajstić information content (AvgIpc) is 2.63. The number of unbranched alkanes of at least 4 members (excludes halogenated alkanes) is 6. The molecule has 1 fully saturated rings. The molecule has 1 heterocycles. The highest BCUT2D eigenvalue weighted by Crippen LogP contribution is 2.22. The van der Waals surface area contributed by atoms with Crippen LogP contribution < -0.4 is 0 Å². The van der Waals surface area contributed by atoms with Gasteiger partial charge in [0.1, 0.15) is 0 Å². The van der Waals surface area contributed by atoms with Crippen LogP contribution in [0.2, 0.25) is 0 Å². The van der Waals surface area contributed by atoms with Gasteiger partial charge in [-0.1, -0.05) is 45.4 Å². The van der Waals surface area contributed by atoms with Gasteiger partial charge in [0.2, 0.25) is 5.91 Å². The van der Waals surface area contributed by atoms with E-state index in [-0.39, 0.29) is 0 Å². The first-order chi connectivity index (χ1) is 7.34. The summed E-state index contributed by atoms with van der Waals surface area (Å²) in [7, 11) is 0. The Morgan fingerprint density at radius 1 is 1.13 bits per heavy atom. The SMILES string of the molecule is CCCCCCCCCN1SCCC1=O. The predicted molar refractivity (Wildman–Crippen MR) is 66.8 cm³/mol. The monoisotopic (exact) mass is 229 g/mol. The topological polar surface area (TPSA) is 20.3 Å². The quantitative estimate of drug-likeness (QED) is 0.468. The summed E-state index contributed by atoms with van der Waals surface area (Å²) in [4.78, 5) is 11.3. The molecule has 0 aromatic heterocycles. The predicted octanol–water partition coefficient (Wildman–Crippen LogP) is 3.62. The van der Waals surface area contributed by atoms with Gasteiger partial charge in [-0.25, -0.2) is 0 Å². The van der Waals surface area contributed by atoms with E-state index in [0.717, 1.165) is 18.7 Å². The van der Waals surface area contributed by atoms with Crippen molar-refractivity contribution in [2.24, 2.45) is 0 Å². The Balaban J connectivity index is 1.86. The molecule has 0 N–H and O–H groups in total. The van der Waals surface area contributed by atoms with Crippen LogP contribution in [0.3, 0.4) is 0 Å². The maximum Gasteiger partial charge on any atom is 0.233 e. The molecule has 0 atom stereocenters. The van der Waals surface area contributed by atoms with E-state index in [0.29, 0.717) is 5.91 Å². The van der Waals surface area contributed by atoms with Crippen LogP contribution in [0.1, 0.15) is 58.3 Å². The first-order valence-corrected chi connectivity index (χ1v) is 7.22. The average molecular weight is 229 g/mol. The van der Waals surface area contributed by atoms with Gasteiger partial charge in [0.15, 0.2) is 0 Å². The largest absolute Gasteiger partial charge is 0.286 e. The van der Waals surface area contributed by atoms with E-state index in [1.807, 2.05) is 4.31 Å². The van der Waals surface area contributed by atoms with Gasteiger partial charge < -0.3 is 0 Å². The summed E-state index contributed by atoms with van der Waals surface area (Å²) >= 11 is 1.71. The van der Waals surface area contributed by atoms with E-state index in [4.69, 9.17) is 0 Å². The Labute approximate surface area is 97.9 Å². The lowest BCUT2D eigenvalue weighted by molar-refractivity contribution is -0.124. The van der Waals surface area contributed by atoms with Gasteiger partial charge in [-0.15, -0.1) is 0 Å². The highest BCUT2D eigenvalue weighted by Gasteiger charge is 2.19.